The first-order chi connectivity index (χ1) is 6.24. The van der Waals surface area contributed by atoms with Crippen molar-refractivity contribution in [2.45, 2.75) is 65.7 Å². The van der Waals surface area contributed by atoms with Crippen LogP contribution in [0.5, 0.6) is 0 Å². The van der Waals surface area contributed by atoms with Crippen LogP contribution in [0.1, 0.15) is 65.7 Å². The largest absolute Gasteiger partial charge is 0.0922 e. The second-order valence-electron chi connectivity index (χ2n) is 4.19. The summed E-state index contributed by atoms with van der Waals surface area (Å²) in [5.74, 6) is 0. The summed E-state index contributed by atoms with van der Waals surface area (Å²) in [6.07, 6.45) is 9.60. The number of rotatable bonds is 8. The first-order valence-electron chi connectivity index (χ1n) is 5.80. The Morgan fingerprint density at radius 2 is 1.38 bits per heavy atom. The average molecular weight is 249 g/mol. The topological polar surface area (TPSA) is 0 Å². The van der Waals surface area contributed by atoms with Crippen LogP contribution in [0.2, 0.25) is 0 Å². The van der Waals surface area contributed by atoms with Gasteiger partial charge in [0.1, 0.15) is 0 Å². The molecule has 1 heteroatoms. The molecule has 0 aliphatic heterocycles. The summed E-state index contributed by atoms with van der Waals surface area (Å²) in [5, 5.41) is 1.19. The van der Waals surface area contributed by atoms with Crippen molar-refractivity contribution < 1.29 is 0 Å². The summed E-state index contributed by atoms with van der Waals surface area (Å²) in [4.78, 5) is 0. The van der Waals surface area contributed by atoms with Gasteiger partial charge in [0.25, 0.3) is 0 Å². The molecule has 0 unspecified atom stereocenters. The predicted octanol–water partition coefficient (Wildman–Crippen LogP) is 5.16. The molecule has 0 saturated heterocycles. The van der Waals surface area contributed by atoms with Crippen molar-refractivity contribution in [2.24, 2.45) is 5.41 Å². The second kappa shape index (κ2) is 7.84. The van der Waals surface area contributed by atoms with Gasteiger partial charge >= 0.3 is 0 Å². The maximum atomic E-state index is 3.69. The van der Waals surface area contributed by atoms with Crippen LogP contribution in [0, 0.1) is 5.41 Å². The summed E-state index contributed by atoms with van der Waals surface area (Å²) < 4.78 is 0. The van der Waals surface area contributed by atoms with E-state index in [-0.39, 0.29) is 0 Å². The molecule has 0 saturated carbocycles. The maximum absolute atomic E-state index is 3.69. The van der Waals surface area contributed by atoms with Crippen molar-refractivity contribution in [2.75, 3.05) is 5.33 Å². The zero-order valence-corrected chi connectivity index (χ0v) is 11.1. The van der Waals surface area contributed by atoms with Crippen LogP contribution in [0.25, 0.3) is 0 Å². The zero-order chi connectivity index (χ0) is 10.2. The average Bonchev–Trinajstić information content (AvgIpc) is 2.20. The van der Waals surface area contributed by atoms with Gasteiger partial charge in [-0.05, 0) is 24.7 Å². The highest BCUT2D eigenvalue weighted by Gasteiger charge is 2.24. The van der Waals surface area contributed by atoms with E-state index in [2.05, 4.69) is 36.7 Å². The molecule has 0 atom stereocenters. The highest BCUT2D eigenvalue weighted by Crippen LogP contribution is 2.36. The van der Waals surface area contributed by atoms with Crippen molar-refractivity contribution in [3.8, 4) is 0 Å². The van der Waals surface area contributed by atoms with Gasteiger partial charge in [-0.1, -0.05) is 62.4 Å². The summed E-state index contributed by atoms with van der Waals surface area (Å²) >= 11 is 3.69. The SMILES string of the molecule is CCCCC(CC)(CBr)CCCC. The molecule has 0 heterocycles. The fourth-order valence-corrected chi connectivity index (χ4v) is 2.77. The van der Waals surface area contributed by atoms with E-state index in [0.29, 0.717) is 5.41 Å². The van der Waals surface area contributed by atoms with Crippen molar-refractivity contribution in [3.05, 3.63) is 0 Å². The van der Waals surface area contributed by atoms with Crippen LogP contribution in [0.3, 0.4) is 0 Å². The third-order valence-corrected chi connectivity index (χ3v) is 4.34. The smallest absolute Gasteiger partial charge is 0.00878 e. The quantitative estimate of drug-likeness (QED) is 0.521. The molecule has 0 aliphatic rings. The molecule has 0 rings (SSSR count). The Bertz CT molecular complexity index is 95.7. The lowest BCUT2D eigenvalue weighted by Crippen LogP contribution is -2.21. The Morgan fingerprint density at radius 3 is 1.62 bits per heavy atom. The van der Waals surface area contributed by atoms with E-state index in [9.17, 15) is 0 Å². The van der Waals surface area contributed by atoms with E-state index in [1.807, 2.05) is 0 Å². The van der Waals surface area contributed by atoms with E-state index in [4.69, 9.17) is 0 Å². The molecule has 0 aromatic carbocycles. The first kappa shape index (κ1) is 13.5. The van der Waals surface area contributed by atoms with Crippen LogP contribution in [0.4, 0.5) is 0 Å². The highest BCUT2D eigenvalue weighted by molar-refractivity contribution is 9.09. The molecule has 0 aliphatic carbocycles. The van der Waals surface area contributed by atoms with Crippen LogP contribution in [-0.2, 0) is 0 Å². The number of hydrogen-bond donors (Lipinski definition) is 0. The van der Waals surface area contributed by atoms with E-state index >= 15 is 0 Å². The molecule has 0 radical (unpaired) electrons. The number of alkyl halides is 1. The molecule has 0 bridgehead atoms. The molecule has 80 valence electrons. The van der Waals surface area contributed by atoms with E-state index < -0.39 is 0 Å². The Hall–Kier alpha value is 0.480. The molecule has 0 N–H and O–H groups in total. The van der Waals surface area contributed by atoms with Gasteiger partial charge in [0.05, 0.1) is 0 Å². The van der Waals surface area contributed by atoms with Crippen molar-refractivity contribution in [1.29, 1.82) is 0 Å². The third-order valence-electron chi connectivity index (χ3n) is 3.15. The monoisotopic (exact) mass is 248 g/mol. The van der Waals surface area contributed by atoms with Crippen LogP contribution >= 0.6 is 15.9 Å². The Balaban J connectivity index is 3.97. The number of unbranched alkanes of at least 4 members (excludes halogenated alkanes) is 2. The summed E-state index contributed by atoms with van der Waals surface area (Å²) in [6.45, 7) is 6.91. The molecule has 0 fully saturated rings. The minimum Gasteiger partial charge on any atom is -0.0922 e. The van der Waals surface area contributed by atoms with E-state index in [1.54, 1.807) is 0 Å². The van der Waals surface area contributed by atoms with E-state index in [1.165, 1.54) is 50.3 Å². The van der Waals surface area contributed by atoms with Gasteiger partial charge in [-0.2, -0.15) is 0 Å². The van der Waals surface area contributed by atoms with Gasteiger partial charge < -0.3 is 0 Å². The molecular formula is C12H25Br. The molecule has 0 nitrogen and oxygen atoms in total. The Morgan fingerprint density at radius 1 is 0.923 bits per heavy atom. The molecular weight excluding hydrogens is 224 g/mol. The Labute approximate surface area is 92.6 Å². The number of halogens is 1. The summed E-state index contributed by atoms with van der Waals surface area (Å²) in [7, 11) is 0. The minimum atomic E-state index is 0.603. The van der Waals surface area contributed by atoms with E-state index in [0.717, 1.165) is 0 Å². The molecule has 0 amide bonds. The van der Waals surface area contributed by atoms with Crippen molar-refractivity contribution in [3.63, 3.8) is 0 Å². The summed E-state index contributed by atoms with van der Waals surface area (Å²) in [5.41, 5.74) is 0.603. The molecule has 0 aromatic rings. The minimum absolute atomic E-state index is 0.603. The van der Waals surface area contributed by atoms with Crippen LogP contribution in [0.15, 0.2) is 0 Å². The lowest BCUT2D eigenvalue weighted by molar-refractivity contribution is 0.255. The molecule has 0 aromatic heterocycles. The van der Waals surface area contributed by atoms with Gasteiger partial charge in [-0.15, -0.1) is 0 Å². The number of hydrogen-bond acceptors (Lipinski definition) is 0. The summed E-state index contributed by atoms with van der Waals surface area (Å²) in [6, 6.07) is 0. The highest BCUT2D eigenvalue weighted by atomic mass is 79.9. The van der Waals surface area contributed by atoms with Gasteiger partial charge in [-0.25, -0.2) is 0 Å². The van der Waals surface area contributed by atoms with Gasteiger partial charge in [-0.3, -0.25) is 0 Å². The zero-order valence-electron chi connectivity index (χ0n) is 9.53. The Kier molecular flexibility index (Phi) is 8.13. The van der Waals surface area contributed by atoms with Crippen molar-refractivity contribution in [1.82, 2.24) is 0 Å². The third kappa shape index (κ3) is 5.05. The van der Waals surface area contributed by atoms with Crippen molar-refractivity contribution >= 4 is 15.9 Å². The fourth-order valence-electron chi connectivity index (χ4n) is 1.81. The molecule has 0 spiro atoms. The standard InChI is InChI=1S/C12H25Br/c1-4-7-9-12(6-3,11-13)10-8-5-2/h4-11H2,1-3H3. The predicted molar refractivity (Wildman–Crippen MR) is 65.6 cm³/mol. The molecule has 13 heavy (non-hydrogen) atoms. The van der Waals surface area contributed by atoms with Crippen LogP contribution in [-0.4, -0.2) is 5.33 Å². The normalized spacial score (nSPS) is 12.0. The van der Waals surface area contributed by atoms with Gasteiger partial charge in [0, 0.05) is 5.33 Å². The second-order valence-corrected chi connectivity index (χ2v) is 4.76. The van der Waals surface area contributed by atoms with Crippen LogP contribution < -0.4 is 0 Å². The first-order valence-corrected chi connectivity index (χ1v) is 6.92. The lowest BCUT2D eigenvalue weighted by Gasteiger charge is -2.30. The van der Waals surface area contributed by atoms with Gasteiger partial charge in [0.15, 0.2) is 0 Å². The van der Waals surface area contributed by atoms with Gasteiger partial charge in [0.2, 0.25) is 0 Å². The lowest BCUT2D eigenvalue weighted by atomic mass is 9.78. The maximum Gasteiger partial charge on any atom is 0.00878 e. The fraction of sp³-hybridized carbons (Fsp3) is 1.00.